The van der Waals surface area contributed by atoms with Gasteiger partial charge in [-0.3, -0.25) is 9.59 Å². The van der Waals surface area contributed by atoms with Gasteiger partial charge in [0.1, 0.15) is 0 Å². The Balaban J connectivity index is 0.000000280. The fourth-order valence-corrected chi connectivity index (χ4v) is 1.82. The van der Waals surface area contributed by atoms with E-state index in [4.69, 9.17) is 9.90 Å². The smallest absolute Gasteiger partial charge is 0.300 e. The van der Waals surface area contributed by atoms with Crippen LogP contribution >= 0.6 is 0 Å². The number of hydrogen-bond acceptors (Lipinski definition) is 2. The fraction of sp³-hybridized carbons (Fsp3) is 0.385. The van der Waals surface area contributed by atoms with Crippen LogP contribution in [0.3, 0.4) is 0 Å². The zero-order valence-electron chi connectivity index (χ0n) is 9.78. The summed E-state index contributed by atoms with van der Waals surface area (Å²) in [6.45, 7) is 5.14. The highest BCUT2D eigenvalue weighted by Crippen LogP contribution is 2.26. The molecule has 0 aromatic heterocycles. The average molecular weight is 220 g/mol. The van der Waals surface area contributed by atoms with Gasteiger partial charge in [-0.25, -0.2) is 0 Å². The second-order valence-corrected chi connectivity index (χ2v) is 4.15. The van der Waals surface area contributed by atoms with Crippen molar-refractivity contribution in [1.82, 2.24) is 0 Å². The summed E-state index contributed by atoms with van der Waals surface area (Å²) in [5.41, 5.74) is 3.41. The van der Waals surface area contributed by atoms with Crippen molar-refractivity contribution in [2.75, 3.05) is 0 Å². The molecular weight excluding hydrogens is 204 g/mol. The first-order valence-electron chi connectivity index (χ1n) is 5.25. The monoisotopic (exact) mass is 220 g/mol. The maximum atomic E-state index is 11.5. The molecule has 0 amide bonds. The fourth-order valence-electron chi connectivity index (χ4n) is 1.82. The lowest BCUT2D eigenvalue weighted by Crippen LogP contribution is -2.02. The number of fused-ring (bicyclic) bond motifs is 1. The van der Waals surface area contributed by atoms with Crippen LogP contribution in [0, 0.1) is 12.8 Å². The van der Waals surface area contributed by atoms with Gasteiger partial charge in [0.25, 0.3) is 5.97 Å². The van der Waals surface area contributed by atoms with Gasteiger partial charge in [-0.1, -0.05) is 30.7 Å². The first-order valence-corrected chi connectivity index (χ1v) is 5.25. The summed E-state index contributed by atoms with van der Waals surface area (Å²) in [7, 11) is 0. The molecule has 1 atom stereocenters. The van der Waals surface area contributed by atoms with E-state index in [0.29, 0.717) is 5.78 Å². The number of hydrogen-bond donors (Lipinski definition) is 1. The minimum absolute atomic E-state index is 0.196. The minimum Gasteiger partial charge on any atom is -0.481 e. The highest BCUT2D eigenvalue weighted by Gasteiger charge is 2.26. The molecule has 0 aliphatic heterocycles. The Labute approximate surface area is 95.1 Å². The second-order valence-electron chi connectivity index (χ2n) is 4.15. The largest absolute Gasteiger partial charge is 0.481 e. The van der Waals surface area contributed by atoms with Crippen LogP contribution in [0.25, 0.3) is 0 Å². The number of Topliss-reactive ketones (excluding diaryl/α,β-unsaturated/α-hetero) is 1. The molecule has 2 rings (SSSR count). The maximum absolute atomic E-state index is 11.5. The molecule has 86 valence electrons. The van der Waals surface area contributed by atoms with E-state index in [2.05, 4.69) is 13.0 Å². The van der Waals surface area contributed by atoms with E-state index in [9.17, 15) is 4.79 Å². The number of aryl methyl sites for hydroxylation is 1. The molecule has 0 saturated heterocycles. The SMILES string of the molecule is CC(=O)O.Cc1ccc2c(c1)CC(C)C2=O. The number of carboxylic acids is 1. The van der Waals surface area contributed by atoms with Crippen molar-refractivity contribution < 1.29 is 14.7 Å². The standard InChI is InChI=1S/C11H12O.C2H4O2/c1-7-3-4-10-9(5-7)6-8(2)11(10)12;1-2(3)4/h3-5,8H,6H2,1-2H3;1H3,(H,3,4). The molecule has 3 heteroatoms. The molecule has 1 aliphatic rings. The van der Waals surface area contributed by atoms with Crippen LogP contribution in [-0.4, -0.2) is 16.9 Å². The Morgan fingerprint density at radius 1 is 1.44 bits per heavy atom. The topological polar surface area (TPSA) is 54.4 Å². The molecule has 1 unspecified atom stereocenters. The van der Waals surface area contributed by atoms with Gasteiger partial charge in [0.15, 0.2) is 5.78 Å². The molecule has 1 N–H and O–H groups in total. The lowest BCUT2D eigenvalue weighted by atomic mass is 10.1. The number of carbonyl (C=O) groups is 2. The Bertz CT molecular complexity index is 417. The predicted octanol–water partition coefficient (Wildman–Crippen LogP) is 2.46. The van der Waals surface area contributed by atoms with Crippen LogP contribution in [0.5, 0.6) is 0 Å². The number of rotatable bonds is 0. The molecule has 0 heterocycles. The third-order valence-corrected chi connectivity index (χ3v) is 2.50. The molecule has 1 aliphatic carbocycles. The average Bonchev–Trinajstić information content (AvgIpc) is 2.41. The molecule has 0 saturated carbocycles. The second kappa shape index (κ2) is 4.92. The minimum atomic E-state index is -0.833. The van der Waals surface area contributed by atoms with E-state index in [1.54, 1.807) is 0 Å². The molecule has 16 heavy (non-hydrogen) atoms. The summed E-state index contributed by atoms with van der Waals surface area (Å²) in [5.74, 6) is -0.327. The van der Waals surface area contributed by atoms with Gasteiger partial charge in [0.2, 0.25) is 0 Å². The summed E-state index contributed by atoms with van der Waals surface area (Å²) >= 11 is 0. The van der Waals surface area contributed by atoms with Crippen molar-refractivity contribution in [3.63, 3.8) is 0 Å². The van der Waals surface area contributed by atoms with Gasteiger partial charge < -0.3 is 5.11 Å². The quantitative estimate of drug-likeness (QED) is 0.730. The summed E-state index contributed by atoms with van der Waals surface area (Å²) in [6, 6.07) is 6.09. The van der Waals surface area contributed by atoms with Crippen molar-refractivity contribution >= 4 is 11.8 Å². The van der Waals surface area contributed by atoms with Crippen molar-refractivity contribution in [2.24, 2.45) is 5.92 Å². The Hall–Kier alpha value is -1.64. The number of aliphatic carboxylic acids is 1. The zero-order chi connectivity index (χ0) is 12.3. The number of ketones is 1. The highest BCUT2D eigenvalue weighted by molar-refractivity contribution is 6.02. The van der Waals surface area contributed by atoms with Gasteiger partial charge in [-0.05, 0) is 18.9 Å². The van der Waals surface area contributed by atoms with E-state index in [-0.39, 0.29) is 5.92 Å². The molecular formula is C13H16O3. The summed E-state index contributed by atoms with van der Waals surface area (Å²) < 4.78 is 0. The van der Waals surface area contributed by atoms with Gasteiger partial charge in [-0.15, -0.1) is 0 Å². The molecule has 3 nitrogen and oxygen atoms in total. The molecule has 0 fully saturated rings. The van der Waals surface area contributed by atoms with E-state index in [1.165, 1.54) is 11.1 Å². The van der Waals surface area contributed by atoms with Crippen LogP contribution in [-0.2, 0) is 11.2 Å². The molecule has 1 aromatic carbocycles. The molecule has 0 radical (unpaired) electrons. The predicted molar refractivity (Wildman–Crippen MR) is 61.7 cm³/mol. The third-order valence-electron chi connectivity index (χ3n) is 2.50. The van der Waals surface area contributed by atoms with Crippen LogP contribution in [0.2, 0.25) is 0 Å². The summed E-state index contributed by atoms with van der Waals surface area (Å²) in [5, 5.41) is 7.42. The molecule has 0 spiro atoms. The zero-order valence-corrected chi connectivity index (χ0v) is 9.78. The number of carboxylic acid groups (broad SMARTS) is 1. The van der Waals surface area contributed by atoms with Crippen molar-refractivity contribution in [1.29, 1.82) is 0 Å². The molecule has 0 bridgehead atoms. The van der Waals surface area contributed by atoms with E-state index in [1.807, 2.05) is 19.1 Å². The first-order chi connectivity index (χ1) is 7.41. The van der Waals surface area contributed by atoms with E-state index >= 15 is 0 Å². The van der Waals surface area contributed by atoms with Crippen LogP contribution in [0.4, 0.5) is 0 Å². The highest BCUT2D eigenvalue weighted by atomic mass is 16.4. The van der Waals surface area contributed by atoms with Crippen molar-refractivity contribution in [3.05, 3.63) is 34.9 Å². The number of carbonyl (C=O) groups excluding carboxylic acids is 1. The van der Waals surface area contributed by atoms with E-state index in [0.717, 1.165) is 18.9 Å². The lowest BCUT2D eigenvalue weighted by molar-refractivity contribution is -0.134. The number of benzene rings is 1. The Morgan fingerprint density at radius 2 is 2.00 bits per heavy atom. The van der Waals surface area contributed by atoms with Crippen molar-refractivity contribution in [3.8, 4) is 0 Å². The van der Waals surface area contributed by atoms with Crippen LogP contribution in [0.15, 0.2) is 18.2 Å². The lowest BCUT2D eigenvalue weighted by Gasteiger charge is -1.97. The summed E-state index contributed by atoms with van der Waals surface area (Å²) in [6.07, 6.45) is 0.926. The van der Waals surface area contributed by atoms with Gasteiger partial charge in [0, 0.05) is 18.4 Å². The van der Waals surface area contributed by atoms with Crippen LogP contribution < -0.4 is 0 Å². The third kappa shape index (κ3) is 2.92. The Kier molecular flexibility index (Phi) is 3.82. The van der Waals surface area contributed by atoms with E-state index < -0.39 is 5.97 Å². The summed E-state index contributed by atoms with van der Waals surface area (Å²) in [4.78, 5) is 20.5. The van der Waals surface area contributed by atoms with Gasteiger partial charge in [-0.2, -0.15) is 0 Å². The van der Waals surface area contributed by atoms with Crippen molar-refractivity contribution in [2.45, 2.75) is 27.2 Å². The van der Waals surface area contributed by atoms with Crippen LogP contribution in [0.1, 0.15) is 35.3 Å². The van der Waals surface area contributed by atoms with Gasteiger partial charge >= 0.3 is 0 Å². The van der Waals surface area contributed by atoms with Gasteiger partial charge in [0.05, 0.1) is 0 Å². The maximum Gasteiger partial charge on any atom is 0.300 e. The normalized spacial score (nSPS) is 17.4. The molecule has 1 aromatic rings. The first kappa shape index (κ1) is 12.4. The Morgan fingerprint density at radius 3 is 2.56 bits per heavy atom.